The number of fused-ring (bicyclic) bond motifs is 1. The second-order valence-corrected chi connectivity index (χ2v) is 2.94. The van der Waals surface area contributed by atoms with Gasteiger partial charge < -0.3 is 5.73 Å². The van der Waals surface area contributed by atoms with Gasteiger partial charge in [0.05, 0.1) is 5.69 Å². The Morgan fingerprint density at radius 1 is 1.70 bits per heavy atom. The Bertz CT molecular complexity index is 228. The van der Waals surface area contributed by atoms with Gasteiger partial charge in [-0.15, -0.1) is 0 Å². The van der Waals surface area contributed by atoms with Gasteiger partial charge >= 0.3 is 0 Å². The molecule has 0 amide bonds. The summed E-state index contributed by atoms with van der Waals surface area (Å²) < 4.78 is 1.86. The summed E-state index contributed by atoms with van der Waals surface area (Å²) in [5, 5.41) is 4.28. The lowest BCUT2D eigenvalue weighted by Gasteiger charge is -1.97. The van der Waals surface area contributed by atoms with E-state index < -0.39 is 0 Å². The van der Waals surface area contributed by atoms with Crippen molar-refractivity contribution in [2.24, 2.45) is 12.8 Å². The van der Waals surface area contributed by atoms with Gasteiger partial charge in [-0.25, -0.2) is 0 Å². The van der Waals surface area contributed by atoms with Crippen LogP contribution in [0, 0.1) is 0 Å². The third-order valence-corrected chi connectivity index (χ3v) is 1.93. The fraction of sp³-hybridized carbons (Fsp3) is 0.571. The van der Waals surface area contributed by atoms with Gasteiger partial charge in [-0.1, -0.05) is 0 Å². The zero-order chi connectivity index (χ0) is 7.14. The highest BCUT2D eigenvalue weighted by Crippen LogP contribution is 2.18. The van der Waals surface area contributed by atoms with E-state index in [0.29, 0.717) is 6.04 Å². The van der Waals surface area contributed by atoms with E-state index in [1.165, 1.54) is 11.3 Å². The molecule has 1 aliphatic carbocycles. The molecule has 10 heavy (non-hydrogen) atoms. The van der Waals surface area contributed by atoms with Crippen LogP contribution in [0.4, 0.5) is 0 Å². The van der Waals surface area contributed by atoms with E-state index in [9.17, 15) is 0 Å². The maximum Gasteiger partial charge on any atom is 0.0672 e. The van der Waals surface area contributed by atoms with Crippen molar-refractivity contribution in [2.45, 2.75) is 18.9 Å². The van der Waals surface area contributed by atoms with Crippen LogP contribution < -0.4 is 5.73 Å². The third kappa shape index (κ3) is 0.743. The van der Waals surface area contributed by atoms with Crippen molar-refractivity contribution in [3.8, 4) is 0 Å². The highest BCUT2D eigenvalue weighted by Gasteiger charge is 2.20. The molecule has 1 heterocycles. The Hall–Kier alpha value is -0.830. The topological polar surface area (TPSA) is 43.8 Å². The van der Waals surface area contributed by atoms with Crippen LogP contribution in [0.5, 0.6) is 0 Å². The average Bonchev–Trinajstić information content (AvgIpc) is 2.21. The molecule has 1 aromatic heterocycles. The summed E-state index contributed by atoms with van der Waals surface area (Å²) in [4.78, 5) is 0. The summed E-state index contributed by atoms with van der Waals surface area (Å²) in [5.74, 6) is 0. The van der Waals surface area contributed by atoms with E-state index in [0.717, 1.165) is 12.8 Å². The number of hydrogen-bond acceptors (Lipinski definition) is 2. The average molecular weight is 137 g/mol. The van der Waals surface area contributed by atoms with Crippen molar-refractivity contribution >= 4 is 0 Å². The Balaban J connectivity index is 2.39. The standard InChI is InChI=1S/C7H11N3/c1-10-4-5-2-6(8)3-7(5)9-10/h4,6H,2-3,8H2,1H3. The summed E-state index contributed by atoms with van der Waals surface area (Å²) in [6.45, 7) is 0. The molecular formula is C7H11N3. The first-order valence-corrected chi connectivity index (χ1v) is 3.52. The van der Waals surface area contributed by atoms with Crippen LogP contribution in [0.3, 0.4) is 0 Å². The van der Waals surface area contributed by atoms with E-state index in [4.69, 9.17) is 5.73 Å². The maximum atomic E-state index is 5.73. The molecule has 2 N–H and O–H groups in total. The number of nitrogens with zero attached hydrogens (tertiary/aromatic N) is 2. The predicted molar refractivity (Wildman–Crippen MR) is 38.6 cm³/mol. The quantitative estimate of drug-likeness (QED) is 0.540. The minimum absolute atomic E-state index is 0.318. The monoisotopic (exact) mass is 137 g/mol. The lowest BCUT2D eigenvalue weighted by molar-refractivity contribution is 0.671. The van der Waals surface area contributed by atoms with Crippen molar-refractivity contribution < 1.29 is 0 Å². The Labute approximate surface area is 59.8 Å². The van der Waals surface area contributed by atoms with Crippen molar-refractivity contribution in [2.75, 3.05) is 0 Å². The summed E-state index contributed by atoms with van der Waals surface area (Å²) >= 11 is 0. The van der Waals surface area contributed by atoms with Crippen LogP contribution in [0.1, 0.15) is 11.3 Å². The summed E-state index contributed by atoms with van der Waals surface area (Å²) in [6, 6.07) is 0.318. The third-order valence-electron chi connectivity index (χ3n) is 1.93. The minimum Gasteiger partial charge on any atom is -0.327 e. The van der Waals surface area contributed by atoms with Crippen LogP contribution >= 0.6 is 0 Å². The van der Waals surface area contributed by atoms with Crippen LogP contribution in [-0.4, -0.2) is 15.8 Å². The molecule has 3 nitrogen and oxygen atoms in total. The summed E-state index contributed by atoms with van der Waals surface area (Å²) in [5.41, 5.74) is 8.25. The fourth-order valence-electron chi connectivity index (χ4n) is 1.53. The van der Waals surface area contributed by atoms with Crippen LogP contribution in [0.25, 0.3) is 0 Å². The lowest BCUT2D eigenvalue weighted by atomic mass is 10.2. The smallest absolute Gasteiger partial charge is 0.0672 e. The molecule has 2 rings (SSSR count). The van der Waals surface area contributed by atoms with E-state index >= 15 is 0 Å². The molecule has 1 aliphatic rings. The van der Waals surface area contributed by atoms with Crippen molar-refractivity contribution in [3.05, 3.63) is 17.5 Å². The first kappa shape index (κ1) is 5.92. The Morgan fingerprint density at radius 3 is 3.20 bits per heavy atom. The van der Waals surface area contributed by atoms with E-state index in [1.54, 1.807) is 0 Å². The Morgan fingerprint density at radius 2 is 2.50 bits per heavy atom. The molecular weight excluding hydrogens is 126 g/mol. The minimum atomic E-state index is 0.318. The van der Waals surface area contributed by atoms with Crippen LogP contribution in [-0.2, 0) is 19.9 Å². The first-order chi connectivity index (χ1) is 4.75. The van der Waals surface area contributed by atoms with Crippen LogP contribution in [0.15, 0.2) is 6.20 Å². The van der Waals surface area contributed by atoms with Gasteiger partial charge in [0.2, 0.25) is 0 Å². The summed E-state index contributed by atoms with van der Waals surface area (Å²) in [7, 11) is 1.95. The Kier molecular flexibility index (Phi) is 1.08. The normalized spacial score (nSPS) is 23.2. The second kappa shape index (κ2) is 1.83. The number of aromatic nitrogens is 2. The van der Waals surface area contributed by atoms with E-state index in [1.807, 2.05) is 11.7 Å². The van der Waals surface area contributed by atoms with Gasteiger partial charge in [-0.3, -0.25) is 4.68 Å². The van der Waals surface area contributed by atoms with E-state index in [-0.39, 0.29) is 0 Å². The van der Waals surface area contributed by atoms with Gasteiger partial charge in [0.25, 0.3) is 0 Å². The van der Waals surface area contributed by atoms with Gasteiger partial charge in [-0.05, 0) is 12.0 Å². The van der Waals surface area contributed by atoms with Crippen molar-refractivity contribution in [1.82, 2.24) is 9.78 Å². The molecule has 0 saturated heterocycles. The molecule has 0 radical (unpaired) electrons. The molecule has 0 fully saturated rings. The van der Waals surface area contributed by atoms with Gasteiger partial charge in [0.1, 0.15) is 0 Å². The van der Waals surface area contributed by atoms with Gasteiger partial charge in [-0.2, -0.15) is 5.10 Å². The molecule has 0 aromatic carbocycles. The number of rotatable bonds is 0. The zero-order valence-electron chi connectivity index (χ0n) is 6.04. The highest BCUT2D eigenvalue weighted by atomic mass is 15.3. The lowest BCUT2D eigenvalue weighted by Crippen LogP contribution is -2.20. The fourth-order valence-corrected chi connectivity index (χ4v) is 1.53. The number of nitrogens with two attached hydrogens (primary N) is 1. The molecule has 1 atom stereocenters. The van der Waals surface area contributed by atoms with Gasteiger partial charge in [0, 0.05) is 25.7 Å². The predicted octanol–water partition coefficient (Wildman–Crippen LogP) is -0.154. The van der Waals surface area contributed by atoms with Gasteiger partial charge in [0.15, 0.2) is 0 Å². The molecule has 3 heteroatoms. The summed E-state index contributed by atoms with van der Waals surface area (Å²) in [6.07, 6.45) is 4.02. The first-order valence-electron chi connectivity index (χ1n) is 3.52. The van der Waals surface area contributed by atoms with Crippen LogP contribution in [0.2, 0.25) is 0 Å². The molecule has 0 spiro atoms. The number of aryl methyl sites for hydroxylation is 1. The zero-order valence-corrected chi connectivity index (χ0v) is 6.04. The van der Waals surface area contributed by atoms with Crippen molar-refractivity contribution in [3.63, 3.8) is 0 Å². The molecule has 1 unspecified atom stereocenters. The molecule has 0 aliphatic heterocycles. The second-order valence-electron chi connectivity index (χ2n) is 2.94. The molecule has 0 saturated carbocycles. The molecule has 0 bridgehead atoms. The maximum absolute atomic E-state index is 5.73. The molecule has 1 aromatic rings. The molecule has 54 valence electrons. The van der Waals surface area contributed by atoms with Crippen molar-refractivity contribution in [1.29, 1.82) is 0 Å². The SMILES string of the molecule is Cn1cc2c(n1)CC(N)C2. The van der Waals surface area contributed by atoms with E-state index in [2.05, 4.69) is 11.3 Å². The largest absolute Gasteiger partial charge is 0.327 e. The number of hydrogen-bond donors (Lipinski definition) is 1. The highest BCUT2D eigenvalue weighted by molar-refractivity contribution is 5.24.